The molecular weight excluding hydrogens is 190 g/mol. The van der Waals surface area contributed by atoms with Crippen molar-refractivity contribution in [1.29, 1.82) is 0 Å². The lowest BCUT2D eigenvalue weighted by Gasteiger charge is -2.29. The molecule has 0 fully saturated rings. The molecule has 0 unspecified atom stereocenters. The third-order valence-corrected chi connectivity index (χ3v) is 2.30. The maximum atomic E-state index is 12.1. The number of rotatable bonds is 3. The fourth-order valence-electron chi connectivity index (χ4n) is 1.74. The Morgan fingerprint density at radius 3 is 2.07 bits per heavy atom. The Hall–Kier alpha value is -1.25. The molecule has 3 heteroatoms. The molecule has 1 aromatic heterocycles. The molecule has 0 aromatic carbocycles. The van der Waals surface area contributed by atoms with Crippen LogP contribution < -0.4 is 0 Å². The number of furan rings is 1. The van der Waals surface area contributed by atoms with Gasteiger partial charge in [-0.1, -0.05) is 0 Å². The first-order chi connectivity index (χ1) is 6.93. The minimum Gasteiger partial charge on any atom is -0.456 e. The first-order valence-electron chi connectivity index (χ1n) is 5.32. The van der Waals surface area contributed by atoms with Crippen LogP contribution in [-0.4, -0.2) is 22.9 Å². The lowest BCUT2D eigenvalue weighted by molar-refractivity contribution is 0.0609. The molecule has 0 bridgehead atoms. The van der Waals surface area contributed by atoms with Crippen LogP contribution in [0.3, 0.4) is 0 Å². The molecule has 0 aliphatic rings. The van der Waals surface area contributed by atoms with Crippen molar-refractivity contribution in [3.8, 4) is 0 Å². The Kier molecular flexibility index (Phi) is 3.56. The number of amides is 1. The van der Waals surface area contributed by atoms with E-state index in [0.29, 0.717) is 5.76 Å². The minimum atomic E-state index is -0.0342. The van der Waals surface area contributed by atoms with E-state index in [2.05, 4.69) is 0 Å². The first-order valence-corrected chi connectivity index (χ1v) is 5.32. The highest BCUT2D eigenvalue weighted by atomic mass is 16.3. The lowest BCUT2D eigenvalue weighted by Crippen LogP contribution is -2.41. The fourth-order valence-corrected chi connectivity index (χ4v) is 1.74. The topological polar surface area (TPSA) is 33.5 Å². The number of nitrogens with zero attached hydrogens (tertiary/aromatic N) is 1. The van der Waals surface area contributed by atoms with E-state index in [-0.39, 0.29) is 18.0 Å². The van der Waals surface area contributed by atoms with Crippen LogP contribution in [0.2, 0.25) is 0 Å². The summed E-state index contributed by atoms with van der Waals surface area (Å²) in [6.07, 6.45) is 0. The van der Waals surface area contributed by atoms with Crippen molar-refractivity contribution in [3.05, 3.63) is 23.7 Å². The van der Waals surface area contributed by atoms with Gasteiger partial charge in [-0.05, 0) is 46.8 Å². The van der Waals surface area contributed by atoms with Crippen molar-refractivity contribution in [2.75, 3.05) is 0 Å². The van der Waals surface area contributed by atoms with Gasteiger partial charge in [-0.2, -0.15) is 0 Å². The average molecular weight is 209 g/mol. The summed E-state index contributed by atoms with van der Waals surface area (Å²) in [5, 5.41) is 0. The Balaban J connectivity index is 2.91. The SMILES string of the molecule is Cc1ccc(C(=O)N(C(C)C)C(C)C)o1. The van der Waals surface area contributed by atoms with Gasteiger partial charge in [0.2, 0.25) is 0 Å². The van der Waals surface area contributed by atoms with E-state index in [9.17, 15) is 4.79 Å². The summed E-state index contributed by atoms with van der Waals surface area (Å²) in [7, 11) is 0. The van der Waals surface area contributed by atoms with Gasteiger partial charge in [0, 0.05) is 12.1 Å². The highest BCUT2D eigenvalue weighted by Crippen LogP contribution is 2.14. The highest BCUT2D eigenvalue weighted by molar-refractivity contribution is 5.91. The fraction of sp³-hybridized carbons (Fsp3) is 0.583. The predicted octanol–water partition coefficient (Wildman–Crippen LogP) is 2.85. The molecule has 1 rings (SSSR count). The number of hydrogen-bond donors (Lipinski definition) is 0. The second kappa shape index (κ2) is 4.51. The van der Waals surface area contributed by atoms with Crippen LogP contribution >= 0.6 is 0 Å². The van der Waals surface area contributed by atoms with Crippen LogP contribution in [-0.2, 0) is 0 Å². The molecule has 1 heterocycles. The average Bonchev–Trinajstić information content (AvgIpc) is 2.50. The van der Waals surface area contributed by atoms with Crippen LogP contribution in [0.5, 0.6) is 0 Å². The second-order valence-corrected chi connectivity index (χ2v) is 4.31. The van der Waals surface area contributed by atoms with Crippen LogP contribution in [0.4, 0.5) is 0 Å². The Morgan fingerprint density at radius 2 is 1.73 bits per heavy atom. The van der Waals surface area contributed by atoms with Gasteiger partial charge in [-0.15, -0.1) is 0 Å². The van der Waals surface area contributed by atoms with Crippen LogP contribution in [0.25, 0.3) is 0 Å². The maximum Gasteiger partial charge on any atom is 0.290 e. The summed E-state index contributed by atoms with van der Waals surface area (Å²) >= 11 is 0. The zero-order valence-electron chi connectivity index (χ0n) is 10.1. The summed E-state index contributed by atoms with van der Waals surface area (Å²) in [5.41, 5.74) is 0. The van der Waals surface area contributed by atoms with E-state index in [0.717, 1.165) is 5.76 Å². The van der Waals surface area contributed by atoms with Crippen molar-refractivity contribution < 1.29 is 9.21 Å². The maximum absolute atomic E-state index is 12.1. The molecule has 3 nitrogen and oxygen atoms in total. The van der Waals surface area contributed by atoms with Gasteiger partial charge >= 0.3 is 0 Å². The van der Waals surface area contributed by atoms with E-state index in [1.807, 2.05) is 45.6 Å². The predicted molar refractivity (Wildman–Crippen MR) is 59.9 cm³/mol. The quantitative estimate of drug-likeness (QED) is 0.767. The summed E-state index contributed by atoms with van der Waals surface area (Å²) < 4.78 is 5.34. The molecule has 0 radical (unpaired) electrons. The normalized spacial score (nSPS) is 11.1. The summed E-state index contributed by atoms with van der Waals surface area (Å²) in [6.45, 7) is 9.87. The molecule has 0 saturated carbocycles. The number of aryl methyl sites for hydroxylation is 1. The van der Waals surface area contributed by atoms with E-state index < -0.39 is 0 Å². The molecule has 0 spiro atoms. The number of carbonyl (C=O) groups excluding carboxylic acids is 1. The zero-order chi connectivity index (χ0) is 11.6. The van der Waals surface area contributed by atoms with Gasteiger partial charge in [-0.25, -0.2) is 0 Å². The van der Waals surface area contributed by atoms with Crippen LogP contribution in [0.15, 0.2) is 16.5 Å². The highest BCUT2D eigenvalue weighted by Gasteiger charge is 2.23. The minimum absolute atomic E-state index is 0.0342. The van der Waals surface area contributed by atoms with Crippen molar-refractivity contribution in [3.63, 3.8) is 0 Å². The Morgan fingerprint density at radius 1 is 1.20 bits per heavy atom. The Labute approximate surface area is 91.1 Å². The first kappa shape index (κ1) is 11.8. The van der Waals surface area contributed by atoms with Gasteiger partial charge in [0.1, 0.15) is 5.76 Å². The summed E-state index contributed by atoms with van der Waals surface area (Å²) in [5.74, 6) is 1.16. The molecular formula is C12H19NO2. The van der Waals surface area contributed by atoms with Gasteiger partial charge in [0.05, 0.1) is 0 Å². The molecule has 0 aliphatic heterocycles. The van der Waals surface area contributed by atoms with Gasteiger partial charge in [0.25, 0.3) is 5.91 Å². The van der Waals surface area contributed by atoms with E-state index in [1.165, 1.54) is 0 Å². The van der Waals surface area contributed by atoms with Gasteiger partial charge < -0.3 is 9.32 Å². The molecule has 15 heavy (non-hydrogen) atoms. The third kappa shape index (κ3) is 2.61. The van der Waals surface area contributed by atoms with Crippen molar-refractivity contribution in [1.82, 2.24) is 4.90 Å². The molecule has 1 amide bonds. The smallest absolute Gasteiger partial charge is 0.290 e. The van der Waals surface area contributed by atoms with E-state index in [1.54, 1.807) is 6.07 Å². The molecule has 0 atom stereocenters. The molecule has 0 aliphatic carbocycles. The van der Waals surface area contributed by atoms with E-state index >= 15 is 0 Å². The number of hydrogen-bond acceptors (Lipinski definition) is 2. The molecule has 84 valence electrons. The van der Waals surface area contributed by atoms with E-state index in [4.69, 9.17) is 4.42 Å². The van der Waals surface area contributed by atoms with Crippen molar-refractivity contribution in [2.45, 2.75) is 46.7 Å². The largest absolute Gasteiger partial charge is 0.456 e. The van der Waals surface area contributed by atoms with Crippen LogP contribution in [0, 0.1) is 6.92 Å². The van der Waals surface area contributed by atoms with Crippen LogP contribution in [0.1, 0.15) is 44.0 Å². The number of carbonyl (C=O) groups is 1. The molecule has 0 N–H and O–H groups in total. The van der Waals surface area contributed by atoms with Crippen molar-refractivity contribution >= 4 is 5.91 Å². The monoisotopic (exact) mass is 209 g/mol. The molecule has 1 aromatic rings. The Bertz CT molecular complexity index is 331. The second-order valence-electron chi connectivity index (χ2n) is 4.31. The standard InChI is InChI=1S/C12H19NO2/c1-8(2)13(9(3)4)12(14)11-7-6-10(5)15-11/h6-9H,1-5H3. The summed E-state index contributed by atoms with van der Waals surface area (Å²) in [6, 6.07) is 3.91. The zero-order valence-corrected chi connectivity index (χ0v) is 10.1. The van der Waals surface area contributed by atoms with Crippen molar-refractivity contribution in [2.24, 2.45) is 0 Å². The lowest BCUT2D eigenvalue weighted by atomic mass is 10.2. The molecule has 0 saturated heterocycles. The van der Waals surface area contributed by atoms with Gasteiger partial charge in [0.15, 0.2) is 5.76 Å². The third-order valence-electron chi connectivity index (χ3n) is 2.30. The van der Waals surface area contributed by atoms with Gasteiger partial charge in [-0.3, -0.25) is 4.79 Å². The summed E-state index contributed by atoms with van der Waals surface area (Å²) in [4.78, 5) is 13.9.